The van der Waals surface area contributed by atoms with Crippen molar-refractivity contribution in [3.63, 3.8) is 0 Å². The molecule has 1 heterocycles. The second kappa shape index (κ2) is 6.47. The summed E-state index contributed by atoms with van der Waals surface area (Å²) >= 11 is 0. The lowest BCUT2D eigenvalue weighted by Crippen LogP contribution is -2.26. The first kappa shape index (κ1) is 14.4. The van der Waals surface area contributed by atoms with E-state index in [1.807, 2.05) is 0 Å². The SMILES string of the molecule is COCc1c(C(=O)OC)nnn1CCC(=O)NC1CC1. The van der Waals surface area contributed by atoms with E-state index >= 15 is 0 Å². The highest BCUT2D eigenvalue weighted by atomic mass is 16.5. The molecule has 0 aliphatic heterocycles. The van der Waals surface area contributed by atoms with Crippen molar-refractivity contribution in [1.82, 2.24) is 20.3 Å². The van der Waals surface area contributed by atoms with Gasteiger partial charge in [-0.15, -0.1) is 5.10 Å². The van der Waals surface area contributed by atoms with Gasteiger partial charge < -0.3 is 14.8 Å². The number of nitrogens with one attached hydrogen (secondary N) is 1. The lowest BCUT2D eigenvalue weighted by Gasteiger charge is -2.07. The standard InChI is InChI=1S/C12H18N4O4/c1-19-7-9-11(12(18)20-2)14-15-16(9)6-5-10(17)13-8-3-4-8/h8H,3-7H2,1-2H3,(H,13,17). The van der Waals surface area contributed by atoms with E-state index in [2.05, 4.69) is 20.4 Å². The molecule has 0 spiro atoms. The van der Waals surface area contributed by atoms with E-state index in [4.69, 9.17) is 4.74 Å². The largest absolute Gasteiger partial charge is 0.464 e. The highest BCUT2D eigenvalue weighted by Gasteiger charge is 2.24. The summed E-state index contributed by atoms with van der Waals surface area (Å²) in [6.45, 7) is 0.531. The van der Waals surface area contributed by atoms with E-state index in [9.17, 15) is 9.59 Å². The average Bonchev–Trinajstić information content (AvgIpc) is 3.16. The summed E-state index contributed by atoms with van der Waals surface area (Å²) in [5, 5.41) is 10.6. The number of aromatic nitrogens is 3. The van der Waals surface area contributed by atoms with Gasteiger partial charge in [-0.3, -0.25) is 4.79 Å². The van der Waals surface area contributed by atoms with Gasteiger partial charge in [0, 0.05) is 19.6 Å². The van der Waals surface area contributed by atoms with E-state index in [1.165, 1.54) is 18.9 Å². The lowest BCUT2D eigenvalue weighted by atomic mass is 10.3. The summed E-state index contributed by atoms with van der Waals surface area (Å²) in [5.41, 5.74) is 0.635. The molecule has 110 valence electrons. The normalized spacial score (nSPS) is 14.1. The molecule has 0 unspecified atom stereocenters. The maximum absolute atomic E-state index is 11.6. The number of nitrogens with zero attached hydrogens (tertiary/aromatic N) is 3. The van der Waals surface area contributed by atoms with Crippen molar-refractivity contribution < 1.29 is 19.1 Å². The van der Waals surface area contributed by atoms with Crippen LogP contribution < -0.4 is 5.32 Å². The minimum atomic E-state index is -0.564. The molecule has 0 atom stereocenters. The fourth-order valence-electron chi connectivity index (χ4n) is 1.78. The molecule has 1 fully saturated rings. The highest BCUT2D eigenvalue weighted by Crippen LogP contribution is 2.18. The zero-order valence-electron chi connectivity index (χ0n) is 11.6. The molecule has 1 saturated carbocycles. The summed E-state index contributed by atoms with van der Waals surface area (Å²) in [7, 11) is 2.79. The van der Waals surface area contributed by atoms with Gasteiger partial charge in [0.25, 0.3) is 0 Å². The van der Waals surface area contributed by atoms with Gasteiger partial charge in [-0.25, -0.2) is 9.48 Å². The number of hydrogen-bond donors (Lipinski definition) is 1. The van der Waals surface area contributed by atoms with Crippen LogP contribution in [-0.4, -0.2) is 47.1 Å². The van der Waals surface area contributed by atoms with Gasteiger partial charge in [-0.2, -0.15) is 0 Å². The van der Waals surface area contributed by atoms with Crippen molar-refractivity contribution in [2.24, 2.45) is 0 Å². The van der Waals surface area contributed by atoms with Crippen LogP contribution in [0.3, 0.4) is 0 Å². The van der Waals surface area contributed by atoms with Gasteiger partial charge >= 0.3 is 5.97 Å². The van der Waals surface area contributed by atoms with E-state index in [0.717, 1.165) is 12.8 Å². The van der Waals surface area contributed by atoms with Crippen LogP contribution >= 0.6 is 0 Å². The molecule has 1 amide bonds. The van der Waals surface area contributed by atoms with Gasteiger partial charge in [0.2, 0.25) is 5.91 Å². The zero-order valence-corrected chi connectivity index (χ0v) is 11.6. The number of carbonyl (C=O) groups is 2. The first-order chi connectivity index (χ1) is 9.65. The Labute approximate surface area is 116 Å². The molecule has 2 rings (SSSR count). The molecular weight excluding hydrogens is 264 g/mol. The molecular formula is C12H18N4O4. The van der Waals surface area contributed by atoms with Crippen molar-refractivity contribution >= 4 is 11.9 Å². The lowest BCUT2D eigenvalue weighted by molar-refractivity contribution is -0.121. The van der Waals surface area contributed by atoms with E-state index < -0.39 is 5.97 Å². The summed E-state index contributed by atoms with van der Waals surface area (Å²) in [6.07, 6.45) is 2.39. The monoisotopic (exact) mass is 282 g/mol. The predicted molar refractivity (Wildman–Crippen MR) is 67.9 cm³/mol. The minimum Gasteiger partial charge on any atom is -0.464 e. The molecule has 1 aliphatic rings. The number of rotatable bonds is 7. The van der Waals surface area contributed by atoms with Gasteiger partial charge in [0.1, 0.15) is 0 Å². The molecule has 8 nitrogen and oxygen atoms in total. The smallest absolute Gasteiger partial charge is 0.360 e. The zero-order chi connectivity index (χ0) is 14.5. The number of aryl methyl sites for hydroxylation is 1. The van der Waals surface area contributed by atoms with Crippen LogP contribution in [0.1, 0.15) is 35.4 Å². The van der Waals surface area contributed by atoms with Crippen molar-refractivity contribution in [3.8, 4) is 0 Å². The number of methoxy groups -OCH3 is 2. The molecule has 0 aromatic carbocycles. The number of ether oxygens (including phenoxy) is 2. The Balaban J connectivity index is 2.00. The first-order valence-electron chi connectivity index (χ1n) is 6.44. The van der Waals surface area contributed by atoms with Crippen molar-refractivity contribution in [1.29, 1.82) is 0 Å². The number of esters is 1. The van der Waals surface area contributed by atoms with E-state index in [-0.39, 0.29) is 24.6 Å². The van der Waals surface area contributed by atoms with Gasteiger partial charge in [-0.1, -0.05) is 5.21 Å². The van der Waals surface area contributed by atoms with Crippen LogP contribution in [0, 0.1) is 0 Å². The molecule has 1 aromatic rings. The maximum Gasteiger partial charge on any atom is 0.360 e. The third-order valence-electron chi connectivity index (χ3n) is 2.99. The summed E-state index contributed by atoms with van der Waals surface area (Å²) < 4.78 is 11.2. The Morgan fingerprint density at radius 3 is 2.75 bits per heavy atom. The minimum absolute atomic E-state index is 0.0222. The first-order valence-corrected chi connectivity index (χ1v) is 6.44. The summed E-state index contributed by atoms with van der Waals surface area (Å²) in [4.78, 5) is 23.2. The molecule has 0 radical (unpaired) electrons. The number of carbonyl (C=O) groups excluding carboxylic acids is 2. The molecule has 20 heavy (non-hydrogen) atoms. The fraction of sp³-hybridized carbons (Fsp3) is 0.667. The van der Waals surface area contributed by atoms with Crippen LogP contribution in [0.4, 0.5) is 0 Å². The Bertz CT molecular complexity index is 496. The average molecular weight is 282 g/mol. The van der Waals surface area contributed by atoms with Gasteiger partial charge in [0.15, 0.2) is 5.69 Å². The fourth-order valence-corrected chi connectivity index (χ4v) is 1.78. The molecule has 1 aromatic heterocycles. The third kappa shape index (κ3) is 3.53. The Morgan fingerprint density at radius 1 is 1.40 bits per heavy atom. The summed E-state index contributed by atoms with van der Waals surface area (Å²) in [6, 6.07) is 0.335. The summed E-state index contributed by atoms with van der Waals surface area (Å²) in [5.74, 6) is -0.586. The Morgan fingerprint density at radius 2 is 2.15 bits per heavy atom. The van der Waals surface area contributed by atoms with Gasteiger partial charge in [-0.05, 0) is 12.8 Å². The van der Waals surface area contributed by atoms with Crippen molar-refractivity contribution in [2.75, 3.05) is 14.2 Å². The molecule has 0 bridgehead atoms. The van der Waals surface area contributed by atoms with Crippen molar-refractivity contribution in [2.45, 2.75) is 38.5 Å². The molecule has 8 heteroatoms. The quantitative estimate of drug-likeness (QED) is 0.700. The van der Waals surface area contributed by atoms with Crippen LogP contribution in [0.15, 0.2) is 0 Å². The number of amides is 1. The second-order valence-corrected chi connectivity index (χ2v) is 4.62. The molecule has 1 N–H and O–H groups in total. The Kier molecular flexibility index (Phi) is 4.67. The number of hydrogen-bond acceptors (Lipinski definition) is 6. The molecule has 0 saturated heterocycles. The van der Waals surface area contributed by atoms with Crippen molar-refractivity contribution in [3.05, 3.63) is 11.4 Å². The van der Waals surface area contributed by atoms with Crippen LogP contribution in [-0.2, 0) is 27.4 Å². The van der Waals surface area contributed by atoms with Crippen LogP contribution in [0.25, 0.3) is 0 Å². The maximum atomic E-state index is 11.6. The second-order valence-electron chi connectivity index (χ2n) is 4.62. The van der Waals surface area contributed by atoms with E-state index in [1.54, 1.807) is 0 Å². The Hall–Kier alpha value is -1.96. The van der Waals surface area contributed by atoms with Gasteiger partial charge in [0.05, 0.1) is 26.0 Å². The third-order valence-corrected chi connectivity index (χ3v) is 2.99. The highest BCUT2D eigenvalue weighted by molar-refractivity contribution is 5.88. The van der Waals surface area contributed by atoms with Crippen LogP contribution in [0.5, 0.6) is 0 Å². The topological polar surface area (TPSA) is 95.3 Å². The van der Waals surface area contributed by atoms with E-state index in [0.29, 0.717) is 18.3 Å². The predicted octanol–water partition coefficient (Wildman–Crippen LogP) is -0.120. The molecule has 1 aliphatic carbocycles. The van der Waals surface area contributed by atoms with Crippen LogP contribution in [0.2, 0.25) is 0 Å².